The minimum absolute atomic E-state index is 1.23. The second kappa shape index (κ2) is 33.6. The predicted octanol–water partition coefficient (Wildman–Crippen LogP) is 14.3. The summed E-state index contributed by atoms with van der Waals surface area (Å²) < 4.78 is 5.28. The zero-order chi connectivity index (χ0) is 31.6. The fourth-order valence-corrected chi connectivity index (χ4v) is 7.03. The van der Waals surface area contributed by atoms with Crippen LogP contribution < -0.4 is 4.57 Å². The number of imidazole rings is 1. The molecular formula is C42H83N2+. The molecule has 0 atom stereocenters. The highest BCUT2D eigenvalue weighted by atomic mass is 15.1. The third-order valence-corrected chi connectivity index (χ3v) is 10.1. The van der Waals surface area contributed by atoms with E-state index in [4.69, 9.17) is 0 Å². The summed E-state index contributed by atoms with van der Waals surface area (Å²) in [5.41, 5.74) is 0. The van der Waals surface area contributed by atoms with Crippen LogP contribution in [0.4, 0.5) is 0 Å². The number of unbranched alkanes of at least 4 members (excludes halogenated alkanes) is 30. The molecule has 0 N–H and O–H groups in total. The van der Waals surface area contributed by atoms with Crippen LogP contribution in [-0.2, 0) is 19.5 Å². The van der Waals surface area contributed by atoms with Gasteiger partial charge in [0.1, 0.15) is 12.4 Å². The Balaban J connectivity index is 2.27. The van der Waals surface area contributed by atoms with Gasteiger partial charge in [-0.2, -0.15) is 0 Å². The number of nitrogens with zero attached hydrogens (tertiary/aromatic N) is 2. The number of hydrogen-bond acceptors (Lipinski definition) is 0. The molecular weight excluding hydrogens is 532 g/mol. The molecule has 0 aliphatic rings. The average molecular weight is 616 g/mol. The van der Waals surface area contributed by atoms with Gasteiger partial charge in [0.25, 0.3) is 5.82 Å². The molecule has 260 valence electrons. The third kappa shape index (κ3) is 25.4. The topological polar surface area (TPSA) is 8.81 Å². The first-order valence-electron chi connectivity index (χ1n) is 20.9. The first kappa shape index (κ1) is 41.2. The largest absolute Gasteiger partial charge is 0.256 e. The van der Waals surface area contributed by atoms with Crippen LogP contribution in [0.1, 0.15) is 238 Å². The number of rotatable bonds is 36. The van der Waals surface area contributed by atoms with E-state index in [1.165, 1.54) is 231 Å². The zero-order valence-electron chi connectivity index (χ0n) is 31.0. The summed E-state index contributed by atoms with van der Waals surface area (Å²) in [4.78, 5) is 0. The fraction of sp³-hybridized carbons (Fsp3) is 0.929. The van der Waals surface area contributed by atoms with E-state index in [2.05, 4.69) is 42.3 Å². The van der Waals surface area contributed by atoms with E-state index >= 15 is 0 Å². The van der Waals surface area contributed by atoms with Crippen molar-refractivity contribution in [1.82, 2.24) is 4.57 Å². The van der Waals surface area contributed by atoms with Crippen LogP contribution in [0, 0.1) is 0 Å². The lowest BCUT2D eigenvalue weighted by atomic mass is 10.0. The molecule has 1 aromatic heterocycles. The van der Waals surface area contributed by atoms with Crippen molar-refractivity contribution in [1.29, 1.82) is 0 Å². The van der Waals surface area contributed by atoms with Gasteiger partial charge in [-0.1, -0.05) is 201 Å². The van der Waals surface area contributed by atoms with E-state index in [0.717, 1.165) is 0 Å². The summed E-state index contributed by atoms with van der Waals surface area (Å²) >= 11 is 0. The number of aromatic nitrogens is 2. The van der Waals surface area contributed by atoms with Gasteiger partial charge in [0.2, 0.25) is 0 Å². The highest BCUT2D eigenvalue weighted by Crippen LogP contribution is 2.15. The molecule has 0 unspecified atom stereocenters. The van der Waals surface area contributed by atoms with Gasteiger partial charge in [0.05, 0.1) is 13.1 Å². The molecule has 0 amide bonds. The monoisotopic (exact) mass is 616 g/mol. The minimum atomic E-state index is 1.23. The van der Waals surface area contributed by atoms with Gasteiger partial charge < -0.3 is 0 Å². The molecule has 44 heavy (non-hydrogen) atoms. The molecule has 0 radical (unpaired) electrons. The quantitative estimate of drug-likeness (QED) is 0.0524. The second-order valence-electron chi connectivity index (χ2n) is 14.5. The fourth-order valence-electron chi connectivity index (χ4n) is 7.03. The van der Waals surface area contributed by atoms with Gasteiger partial charge in [0, 0.05) is 6.42 Å². The van der Waals surface area contributed by atoms with Crippen LogP contribution in [0.3, 0.4) is 0 Å². The molecule has 2 nitrogen and oxygen atoms in total. The van der Waals surface area contributed by atoms with Crippen LogP contribution >= 0.6 is 0 Å². The van der Waals surface area contributed by atoms with Crippen LogP contribution in [0.5, 0.6) is 0 Å². The van der Waals surface area contributed by atoms with Gasteiger partial charge in [-0.05, 0) is 32.1 Å². The van der Waals surface area contributed by atoms with E-state index in [1.54, 1.807) is 5.82 Å². The van der Waals surface area contributed by atoms with Crippen LogP contribution in [-0.4, -0.2) is 4.57 Å². The standard InChI is InChI=1S/C42H83N2/c1-4-7-10-13-16-19-21-22-23-25-27-30-33-36-39-44-41-40-43(38-35-32-29-18-15-12-9-6-3)42(44)37-34-31-28-26-24-20-17-14-11-8-5-2/h40-41H,4-39H2,1-3H3/q+1. The Hall–Kier alpha value is -0.790. The lowest BCUT2D eigenvalue weighted by Crippen LogP contribution is -2.37. The van der Waals surface area contributed by atoms with Gasteiger partial charge in [-0.3, -0.25) is 0 Å². The van der Waals surface area contributed by atoms with E-state index < -0.39 is 0 Å². The molecule has 0 aliphatic heterocycles. The summed E-state index contributed by atoms with van der Waals surface area (Å²) in [7, 11) is 0. The molecule has 2 heteroatoms. The van der Waals surface area contributed by atoms with E-state index in [0.29, 0.717) is 0 Å². The van der Waals surface area contributed by atoms with Crippen molar-refractivity contribution in [3.05, 3.63) is 18.2 Å². The molecule has 1 aromatic rings. The van der Waals surface area contributed by atoms with Crippen molar-refractivity contribution in [3.63, 3.8) is 0 Å². The maximum absolute atomic E-state index is 2.64. The summed E-state index contributed by atoms with van der Waals surface area (Å²) in [6.45, 7) is 9.41. The molecule has 0 bridgehead atoms. The van der Waals surface area contributed by atoms with Crippen molar-refractivity contribution in [2.45, 2.75) is 252 Å². The van der Waals surface area contributed by atoms with Crippen molar-refractivity contribution >= 4 is 0 Å². The second-order valence-corrected chi connectivity index (χ2v) is 14.5. The Morgan fingerprint density at radius 1 is 0.386 bits per heavy atom. The average Bonchev–Trinajstić information content (AvgIpc) is 3.42. The third-order valence-electron chi connectivity index (χ3n) is 10.1. The van der Waals surface area contributed by atoms with Gasteiger partial charge >= 0.3 is 0 Å². The van der Waals surface area contributed by atoms with Crippen LogP contribution in [0.2, 0.25) is 0 Å². The summed E-state index contributed by atoms with van der Waals surface area (Å²) in [5.74, 6) is 1.62. The number of hydrogen-bond donors (Lipinski definition) is 0. The SMILES string of the molecule is CCCCCCCCCCCCCCCC[n+]1ccn(CCCCCCCCCC)c1CCCCCCCCCCCCC. The Morgan fingerprint density at radius 2 is 0.705 bits per heavy atom. The Morgan fingerprint density at radius 3 is 1.09 bits per heavy atom. The highest BCUT2D eigenvalue weighted by Gasteiger charge is 2.16. The first-order chi connectivity index (χ1) is 21.8. The Bertz CT molecular complexity index is 677. The molecule has 0 spiro atoms. The summed E-state index contributed by atoms with van der Waals surface area (Å²) in [6, 6.07) is 0. The maximum atomic E-state index is 2.64. The molecule has 0 saturated carbocycles. The minimum Gasteiger partial charge on any atom is -0.234 e. The molecule has 0 aromatic carbocycles. The molecule has 0 saturated heterocycles. The van der Waals surface area contributed by atoms with Gasteiger partial charge in [-0.15, -0.1) is 0 Å². The van der Waals surface area contributed by atoms with Crippen LogP contribution in [0.15, 0.2) is 12.4 Å². The first-order valence-corrected chi connectivity index (χ1v) is 20.9. The van der Waals surface area contributed by atoms with Crippen molar-refractivity contribution < 1.29 is 4.57 Å². The highest BCUT2D eigenvalue weighted by molar-refractivity contribution is 4.84. The van der Waals surface area contributed by atoms with Crippen molar-refractivity contribution in [2.24, 2.45) is 0 Å². The number of aryl methyl sites for hydroxylation is 2. The van der Waals surface area contributed by atoms with E-state index in [-0.39, 0.29) is 0 Å². The molecule has 0 fully saturated rings. The molecule has 1 rings (SSSR count). The Labute approximate surface area is 279 Å². The lowest BCUT2D eigenvalue weighted by Gasteiger charge is -2.07. The lowest BCUT2D eigenvalue weighted by molar-refractivity contribution is -0.704. The smallest absolute Gasteiger partial charge is 0.234 e. The van der Waals surface area contributed by atoms with E-state index in [1.807, 2.05) is 0 Å². The van der Waals surface area contributed by atoms with Crippen molar-refractivity contribution in [2.75, 3.05) is 0 Å². The van der Waals surface area contributed by atoms with Crippen LogP contribution in [0.25, 0.3) is 0 Å². The normalized spacial score (nSPS) is 11.6. The predicted molar refractivity (Wildman–Crippen MR) is 198 cm³/mol. The molecule has 0 aliphatic carbocycles. The summed E-state index contributed by atoms with van der Waals surface area (Å²) in [5, 5.41) is 0. The Kier molecular flexibility index (Phi) is 31.5. The van der Waals surface area contributed by atoms with E-state index in [9.17, 15) is 0 Å². The zero-order valence-corrected chi connectivity index (χ0v) is 31.0. The van der Waals surface area contributed by atoms with Crippen molar-refractivity contribution in [3.8, 4) is 0 Å². The maximum Gasteiger partial charge on any atom is 0.256 e. The summed E-state index contributed by atoms with van der Waals surface area (Å²) in [6.07, 6.45) is 53.4. The molecule has 1 heterocycles. The van der Waals surface area contributed by atoms with Gasteiger partial charge in [-0.25, -0.2) is 9.13 Å². The van der Waals surface area contributed by atoms with Gasteiger partial charge in [0.15, 0.2) is 0 Å².